The number of hydrogen-bond acceptors (Lipinski definition) is 6. The van der Waals surface area contributed by atoms with Gasteiger partial charge >= 0.3 is 0 Å². The zero-order valence-corrected chi connectivity index (χ0v) is 16.1. The molecule has 6 nitrogen and oxygen atoms in total. The van der Waals surface area contributed by atoms with E-state index in [9.17, 15) is 9.59 Å². The first-order chi connectivity index (χ1) is 13.1. The number of carbonyl (C=O) groups is 2. The second-order valence-electron chi connectivity index (χ2n) is 6.85. The SMILES string of the molecule is O=C1NC2(CCN(C(=O)Cc3ccco3)CC2)c2nc(-c3cccs3)sc21. The molecule has 0 bridgehead atoms. The Labute approximate surface area is 163 Å². The minimum Gasteiger partial charge on any atom is -0.469 e. The van der Waals surface area contributed by atoms with Gasteiger partial charge in [0.2, 0.25) is 5.91 Å². The summed E-state index contributed by atoms with van der Waals surface area (Å²) >= 11 is 3.09. The van der Waals surface area contributed by atoms with E-state index in [1.54, 1.807) is 23.7 Å². The zero-order valence-electron chi connectivity index (χ0n) is 14.4. The van der Waals surface area contributed by atoms with Crippen molar-refractivity contribution in [3.8, 4) is 9.88 Å². The van der Waals surface area contributed by atoms with Crippen molar-refractivity contribution in [1.29, 1.82) is 0 Å². The van der Waals surface area contributed by atoms with Crippen molar-refractivity contribution in [3.63, 3.8) is 0 Å². The van der Waals surface area contributed by atoms with Crippen LogP contribution in [0.4, 0.5) is 0 Å². The summed E-state index contributed by atoms with van der Waals surface area (Å²) in [5, 5.41) is 6.07. The van der Waals surface area contributed by atoms with Crippen LogP contribution in [0.25, 0.3) is 9.88 Å². The van der Waals surface area contributed by atoms with Crippen LogP contribution in [0.15, 0.2) is 40.3 Å². The highest BCUT2D eigenvalue weighted by Crippen LogP contribution is 2.44. The van der Waals surface area contributed by atoms with Crippen LogP contribution >= 0.6 is 22.7 Å². The van der Waals surface area contributed by atoms with Crippen LogP contribution in [0.2, 0.25) is 0 Å². The van der Waals surface area contributed by atoms with E-state index in [2.05, 4.69) is 5.32 Å². The van der Waals surface area contributed by atoms with Crippen LogP contribution in [0.1, 0.15) is 34.0 Å². The molecule has 8 heteroatoms. The first-order valence-electron chi connectivity index (χ1n) is 8.82. The topological polar surface area (TPSA) is 75.4 Å². The van der Waals surface area contributed by atoms with E-state index in [1.165, 1.54) is 11.3 Å². The molecule has 0 radical (unpaired) electrons. The normalized spacial score (nSPS) is 17.9. The molecule has 27 heavy (non-hydrogen) atoms. The first-order valence-corrected chi connectivity index (χ1v) is 10.5. The summed E-state index contributed by atoms with van der Waals surface area (Å²) in [5.41, 5.74) is 0.416. The first kappa shape index (κ1) is 16.7. The molecule has 5 heterocycles. The molecule has 1 saturated heterocycles. The largest absolute Gasteiger partial charge is 0.469 e. The summed E-state index contributed by atoms with van der Waals surface area (Å²) in [5.74, 6) is 0.694. The van der Waals surface area contributed by atoms with Crippen LogP contribution in [0.5, 0.6) is 0 Å². The summed E-state index contributed by atoms with van der Waals surface area (Å²) in [7, 11) is 0. The molecule has 0 saturated carbocycles. The van der Waals surface area contributed by atoms with Gasteiger partial charge in [-0.05, 0) is 36.4 Å². The third-order valence-corrected chi connectivity index (χ3v) is 7.34. The maximum absolute atomic E-state index is 12.5. The Balaban J connectivity index is 1.34. The van der Waals surface area contributed by atoms with Crippen molar-refractivity contribution in [1.82, 2.24) is 15.2 Å². The number of likely N-dealkylation sites (tertiary alicyclic amines) is 1. The number of amides is 2. The predicted molar refractivity (Wildman–Crippen MR) is 103 cm³/mol. The van der Waals surface area contributed by atoms with Gasteiger partial charge < -0.3 is 14.6 Å². The maximum atomic E-state index is 12.5. The standard InChI is InChI=1S/C19H17N3O3S2/c23-14(11-12-3-1-9-25-12)22-7-5-19(6-8-22)16-15(17(24)21-19)27-18(20-16)13-4-2-10-26-13/h1-4,9-10H,5-8,11H2,(H,21,24). The second kappa shape index (κ2) is 6.31. The molecule has 2 amide bonds. The van der Waals surface area contributed by atoms with Crippen molar-refractivity contribution in [2.24, 2.45) is 0 Å². The Morgan fingerprint density at radius 2 is 2.15 bits per heavy atom. The molecule has 0 aromatic carbocycles. The minimum absolute atomic E-state index is 0.0410. The molecule has 3 aromatic rings. The van der Waals surface area contributed by atoms with Crippen molar-refractivity contribution >= 4 is 34.5 Å². The Hall–Kier alpha value is -2.45. The fourth-order valence-electron chi connectivity index (χ4n) is 3.81. The number of rotatable bonds is 3. The smallest absolute Gasteiger partial charge is 0.264 e. The summed E-state index contributed by atoms with van der Waals surface area (Å²) < 4.78 is 5.27. The predicted octanol–water partition coefficient (Wildman–Crippen LogP) is 3.27. The molecule has 0 atom stereocenters. The van der Waals surface area contributed by atoms with Gasteiger partial charge in [-0.25, -0.2) is 4.98 Å². The highest BCUT2D eigenvalue weighted by molar-refractivity contribution is 7.22. The lowest BCUT2D eigenvalue weighted by Gasteiger charge is -2.38. The summed E-state index contributed by atoms with van der Waals surface area (Å²) in [6.07, 6.45) is 3.22. The molecule has 5 rings (SSSR count). The summed E-state index contributed by atoms with van der Waals surface area (Å²) in [6.45, 7) is 1.20. The quantitative estimate of drug-likeness (QED) is 0.733. The molecule has 138 valence electrons. The molecular weight excluding hydrogens is 382 g/mol. The van der Waals surface area contributed by atoms with E-state index < -0.39 is 5.54 Å². The molecule has 1 N–H and O–H groups in total. The van der Waals surface area contributed by atoms with Gasteiger partial charge in [0.25, 0.3) is 5.91 Å². The van der Waals surface area contributed by atoms with Gasteiger partial charge in [0, 0.05) is 13.1 Å². The van der Waals surface area contributed by atoms with Gasteiger partial charge in [-0.1, -0.05) is 6.07 Å². The van der Waals surface area contributed by atoms with E-state index >= 15 is 0 Å². The Morgan fingerprint density at radius 3 is 2.85 bits per heavy atom. The fourth-order valence-corrected chi connectivity index (χ4v) is 5.67. The Bertz CT molecular complexity index is 984. The number of fused-ring (bicyclic) bond motifs is 2. The van der Waals surface area contributed by atoms with E-state index in [0.717, 1.165) is 15.6 Å². The van der Waals surface area contributed by atoms with Crippen LogP contribution in [-0.2, 0) is 16.8 Å². The van der Waals surface area contributed by atoms with Gasteiger partial charge in [0.1, 0.15) is 15.6 Å². The van der Waals surface area contributed by atoms with E-state index in [4.69, 9.17) is 9.40 Å². The fraction of sp³-hybridized carbons (Fsp3) is 0.316. The molecule has 2 aliphatic heterocycles. The van der Waals surface area contributed by atoms with Crippen molar-refractivity contribution in [2.45, 2.75) is 24.8 Å². The number of nitrogens with zero attached hydrogens (tertiary/aromatic N) is 2. The van der Waals surface area contributed by atoms with E-state index in [1.807, 2.05) is 28.5 Å². The third kappa shape index (κ3) is 2.80. The van der Waals surface area contributed by atoms with Crippen molar-refractivity contribution in [2.75, 3.05) is 13.1 Å². The number of aromatic nitrogens is 1. The molecular formula is C19H17N3O3S2. The van der Waals surface area contributed by atoms with E-state index in [0.29, 0.717) is 36.6 Å². The number of thiazole rings is 1. The maximum Gasteiger partial charge on any atom is 0.264 e. The van der Waals surface area contributed by atoms with E-state index in [-0.39, 0.29) is 18.2 Å². The lowest BCUT2D eigenvalue weighted by atomic mass is 9.86. The van der Waals surface area contributed by atoms with Gasteiger partial charge in [0.15, 0.2) is 0 Å². The number of hydrogen-bond donors (Lipinski definition) is 1. The van der Waals surface area contributed by atoms with Crippen molar-refractivity contribution < 1.29 is 14.0 Å². The number of furan rings is 1. The Morgan fingerprint density at radius 1 is 1.30 bits per heavy atom. The molecule has 2 aliphatic rings. The molecule has 3 aromatic heterocycles. The Kier molecular flexibility index (Phi) is 3.91. The van der Waals surface area contributed by atoms with Crippen LogP contribution in [0, 0.1) is 0 Å². The molecule has 1 fully saturated rings. The highest BCUT2D eigenvalue weighted by atomic mass is 32.1. The van der Waals surface area contributed by atoms with Crippen LogP contribution in [-0.4, -0.2) is 34.8 Å². The zero-order chi connectivity index (χ0) is 18.4. The van der Waals surface area contributed by atoms with Gasteiger partial charge in [-0.15, -0.1) is 22.7 Å². The second-order valence-corrected chi connectivity index (χ2v) is 8.79. The number of nitrogens with one attached hydrogen (secondary N) is 1. The van der Waals surface area contributed by atoms with Gasteiger partial charge in [-0.2, -0.15) is 0 Å². The number of thiophene rings is 1. The summed E-state index contributed by atoms with van der Waals surface area (Å²) in [4.78, 5) is 33.5. The minimum atomic E-state index is -0.445. The van der Waals surface area contributed by atoms with Crippen molar-refractivity contribution in [3.05, 3.63) is 52.2 Å². The van der Waals surface area contributed by atoms with Gasteiger partial charge in [-0.3, -0.25) is 9.59 Å². The monoisotopic (exact) mass is 399 g/mol. The summed E-state index contributed by atoms with van der Waals surface area (Å²) in [6, 6.07) is 7.62. The van der Waals surface area contributed by atoms with Crippen LogP contribution in [0.3, 0.4) is 0 Å². The van der Waals surface area contributed by atoms with Crippen LogP contribution < -0.4 is 5.32 Å². The molecule has 0 unspecified atom stereocenters. The number of piperidine rings is 1. The highest BCUT2D eigenvalue weighted by Gasteiger charge is 2.48. The molecule has 0 aliphatic carbocycles. The lowest BCUT2D eigenvalue weighted by Crippen LogP contribution is -2.51. The molecule has 1 spiro atoms. The average molecular weight is 399 g/mol. The average Bonchev–Trinajstić information content (AvgIpc) is 3.43. The third-order valence-electron chi connectivity index (χ3n) is 5.25. The lowest BCUT2D eigenvalue weighted by molar-refractivity contribution is -0.132. The number of carbonyl (C=O) groups excluding carboxylic acids is 2. The van der Waals surface area contributed by atoms with Gasteiger partial charge in [0.05, 0.1) is 28.8 Å².